The van der Waals surface area contributed by atoms with E-state index < -0.39 is 22.4 Å². The third-order valence-corrected chi connectivity index (χ3v) is 9.32. The molecule has 0 aliphatic heterocycles. The Morgan fingerprint density at radius 2 is 0.963 bits per heavy atom. The molecule has 0 saturated heterocycles. The van der Waals surface area contributed by atoms with Crippen LogP contribution < -0.4 is 21.3 Å². The van der Waals surface area contributed by atoms with E-state index in [0.717, 1.165) is 23.5 Å². The molecule has 6 N–H and O–H groups in total. The maximum Gasteiger partial charge on any atom is 0.321 e. The summed E-state index contributed by atoms with van der Waals surface area (Å²) in [5, 5.41) is 28.5. The van der Waals surface area contributed by atoms with Gasteiger partial charge in [-0.15, -0.1) is 0 Å². The molecule has 4 rings (SSSR count). The summed E-state index contributed by atoms with van der Waals surface area (Å²) in [6.07, 6.45) is 8.14. The van der Waals surface area contributed by atoms with Crippen LogP contribution in [0.25, 0.3) is 0 Å². The smallest absolute Gasteiger partial charge is 0.321 e. The van der Waals surface area contributed by atoms with Gasteiger partial charge in [0.1, 0.15) is 23.0 Å². The molecule has 2 atom stereocenters. The second-order valence-electron chi connectivity index (χ2n) is 11.3. The van der Waals surface area contributed by atoms with Crippen LogP contribution >= 0.6 is 23.5 Å². The molecule has 0 saturated carbocycles. The molecule has 18 heteroatoms. The van der Waals surface area contributed by atoms with Crippen LogP contribution in [0, 0.1) is 0 Å². The van der Waals surface area contributed by atoms with Crippen LogP contribution in [-0.2, 0) is 28.8 Å². The number of carboxylic acid groups (broad SMARTS) is 2. The van der Waals surface area contributed by atoms with Gasteiger partial charge in [0.25, 0.3) is 10.4 Å². The first-order valence-electron chi connectivity index (χ1n) is 16.9. The first kappa shape index (κ1) is 42.8. The number of benzene rings is 2. The highest BCUT2D eigenvalue weighted by Gasteiger charge is 2.26. The molecule has 2 unspecified atom stereocenters. The Balaban J connectivity index is 0.000000291. The second kappa shape index (κ2) is 21.8. The van der Waals surface area contributed by atoms with Crippen LogP contribution in [0.5, 0.6) is 0 Å². The SMILES string of the molecule is CCC(=O)Nc1ccc(C(Sc2ncco2)C(=O)O)cc1NC(=O)CC.CCCC(=O)Nc1ccc(C(Sc2ncco2)C(=O)O)cc1NC(=O)CCC. The van der Waals surface area contributed by atoms with Gasteiger partial charge in [0, 0.05) is 25.7 Å². The molecule has 0 fully saturated rings. The lowest BCUT2D eigenvalue weighted by Crippen LogP contribution is -2.17. The van der Waals surface area contributed by atoms with Crippen molar-refractivity contribution < 1.29 is 47.8 Å². The van der Waals surface area contributed by atoms with E-state index in [2.05, 4.69) is 31.2 Å². The normalized spacial score (nSPS) is 11.6. The Kier molecular flexibility index (Phi) is 17.3. The fourth-order valence-corrected chi connectivity index (χ4v) is 6.13. The van der Waals surface area contributed by atoms with Crippen molar-refractivity contribution in [1.82, 2.24) is 9.97 Å². The Labute approximate surface area is 319 Å². The number of hydrogen-bond acceptors (Lipinski definition) is 12. The number of carbonyl (C=O) groups excluding carboxylic acids is 4. The van der Waals surface area contributed by atoms with Crippen molar-refractivity contribution >= 4 is 81.8 Å². The molecule has 16 nitrogen and oxygen atoms in total. The van der Waals surface area contributed by atoms with Gasteiger partial charge in [-0.1, -0.05) is 39.8 Å². The Bertz CT molecular complexity index is 1890. The van der Waals surface area contributed by atoms with Gasteiger partial charge in [-0.05, 0) is 71.8 Å². The summed E-state index contributed by atoms with van der Waals surface area (Å²) in [4.78, 5) is 78.8. The van der Waals surface area contributed by atoms with E-state index in [0.29, 0.717) is 59.6 Å². The molecule has 4 amide bonds. The molecule has 0 aliphatic rings. The molecule has 0 spiro atoms. The number of hydrogen-bond donors (Lipinski definition) is 6. The lowest BCUT2D eigenvalue weighted by molar-refractivity contribution is -0.137. The average Bonchev–Trinajstić information content (AvgIpc) is 3.86. The minimum Gasteiger partial charge on any atom is -0.480 e. The number of aromatic nitrogens is 2. The van der Waals surface area contributed by atoms with E-state index >= 15 is 0 Å². The van der Waals surface area contributed by atoms with E-state index in [-0.39, 0.29) is 46.9 Å². The first-order valence-corrected chi connectivity index (χ1v) is 18.7. The monoisotopic (exact) mass is 782 g/mol. The number of oxazole rings is 2. The molecular formula is C36H42N6O10S2. The van der Waals surface area contributed by atoms with Crippen molar-refractivity contribution in [2.24, 2.45) is 0 Å². The molecule has 54 heavy (non-hydrogen) atoms. The van der Waals surface area contributed by atoms with E-state index in [9.17, 15) is 39.0 Å². The molecule has 2 heterocycles. The summed E-state index contributed by atoms with van der Waals surface area (Å²) in [5.41, 5.74) is 2.41. The second-order valence-corrected chi connectivity index (χ2v) is 13.4. The number of nitrogens with one attached hydrogen (secondary N) is 4. The Morgan fingerprint density at radius 3 is 1.30 bits per heavy atom. The van der Waals surface area contributed by atoms with Crippen LogP contribution in [0.15, 0.2) is 80.6 Å². The number of amides is 4. The van der Waals surface area contributed by atoms with Gasteiger partial charge in [-0.25, -0.2) is 9.97 Å². The van der Waals surface area contributed by atoms with E-state index in [1.165, 1.54) is 31.0 Å². The van der Waals surface area contributed by atoms with Crippen molar-refractivity contribution in [1.29, 1.82) is 0 Å². The summed E-state index contributed by atoms with van der Waals surface area (Å²) in [5.74, 6) is -3.00. The van der Waals surface area contributed by atoms with Crippen molar-refractivity contribution in [2.75, 3.05) is 21.3 Å². The largest absolute Gasteiger partial charge is 0.480 e. The highest BCUT2D eigenvalue weighted by Crippen LogP contribution is 2.39. The van der Waals surface area contributed by atoms with E-state index in [1.54, 1.807) is 44.2 Å². The lowest BCUT2D eigenvalue weighted by atomic mass is 10.1. The molecule has 288 valence electrons. The highest BCUT2D eigenvalue weighted by molar-refractivity contribution is 8.00. The van der Waals surface area contributed by atoms with Gasteiger partial charge in [-0.2, -0.15) is 0 Å². The number of nitrogens with zero attached hydrogens (tertiary/aromatic N) is 2. The van der Waals surface area contributed by atoms with Crippen LogP contribution in [0.1, 0.15) is 87.8 Å². The summed E-state index contributed by atoms with van der Waals surface area (Å²) in [7, 11) is 0. The van der Waals surface area contributed by atoms with Crippen molar-refractivity contribution in [3.63, 3.8) is 0 Å². The van der Waals surface area contributed by atoms with Gasteiger partial charge in [-0.3, -0.25) is 28.8 Å². The summed E-state index contributed by atoms with van der Waals surface area (Å²) >= 11 is 1.88. The minimum atomic E-state index is -1.08. The topological polar surface area (TPSA) is 243 Å². The minimum absolute atomic E-state index is 0.176. The summed E-state index contributed by atoms with van der Waals surface area (Å²) in [6.45, 7) is 7.18. The zero-order chi connectivity index (χ0) is 39.6. The predicted octanol–water partition coefficient (Wildman–Crippen LogP) is 7.36. The third-order valence-electron chi connectivity index (χ3n) is 7.09. The van der Waals surface area contributed by atoms with Crippen LogP contribution in [-0.4, -0.2) is 55.7 Å². The van der Waals surface area contributed by atoms with Crippen molar-refractivity contribution in [3.05, 3.63) is 72.4 Å². The quantitative estimate of drug-likeness (QED) is 0.0540. The number of carboxylic acids is 2. The van der Waals surface area contributed by atoms with Crippen LogP contribution in [0.4, 0.5) is 22.7 Å². The van der Waals surface area contributed by atoms with Gasteiger partial charge >= 0.3 is 11.9 Å². The maximum absolute atomic E-state index is 12.1. The Hall–Kier alpha value is -5.62. The lowest BCUT2D eigenvalue weighted by Gasteiger charge is -2.16. The van der Waals surface area contributed by atoms with Crippen LogP contribution in [0.2, 0.25) is 0 Å². The fourth-order valence-electron chi connectivity index (χ4n) is 4.49. The molecule has 0 bridgehead atoms. The average molecular weight is 783 g/mol. The van der Waals surface area contributed by atoms with Gasteiger partial charge in [0.15, 0.2) is 0 Å². The van der Waals surface area contributed by atoms with E-state index in [1.807, 2.05) is 13.8 Å². The fraction of sp³-hybridized carbons (Fsp3) is 0.333. The van der Waals surface area contributed by atoms with Crippen LogP contribution in [0.3, 0.4) is 0 Å². The third kappa shape index (κ3) is 13.4. The van der Waals surface area contributed by atoms with E-state index in [4.69, 9.17) is 8.83 Å². The van der Waals surface area contributed by atoms with Crippen molar-refractivity contribution in [2.45, 2.75) is 87.2 Å². The zero-order valence-corrected chi connectivity index (χ0v) is 31.7. The predicted molar refractivity (Wildman–Crippen MR) is 203 cm³/mol. The maximum atomic E-state index is 12.1. The number of rotatable bonds is 18. The molecule has 2 aromatic carbocycles. The number of aliphatic carboxylic acids is 2. The van der Waals surface area contributed by atoms with Gasteiger partial charge in [0.05, 0.1) is 35.1 Å². The Morgan fingerprint density at radius 1 is 0.593 bits per heavy atom. The first-order chi connectivity index (χ1) is 25.9. The molecular weight excluding hydrogens is 741 g/mol. The molecule has 0 aliphatic carbocycles. The molecule has 0 radical (unpaired) electrons. The number of carbonyl (C=O) groups is 6. The zero-order valence-electron chi connectivity index (χ0n) is 30.0. The molecule has 4 aromatic rings. The standard InChI is InChI=1S/C19H23N3O5S.C17H19N3O5S/c1-3-5-15(23)21-13-8-7-12(11-14(13)22-16(24)6-4-2)17(18(25)26)28-19-20-9-10-27-19;1-3-13(21)19-11-6-5-10(9-12(11)20-14(22)4-2)15(16(23)24)26-17-18-7-8-25-17/h7-11,17H,3-6H2,1-2H3,(H,21,23)(H,22,24)(H,25,26);5-9,15H,3-4H2,1-2H3,(H,19,21)(H,20,22)(H,23,24). The summed E-state index contributed by atoms with van der Waals surface area (Å²) < 4.78 is 10.2. The highest BCUT2D eigenvalue weighted by atomic mass is 32.2. The number of thioether (sulfide) groups is 2. The van der Waals surface area contributed by atoms with Gasteiger partial charge in [0.2, 0.25) is 23.6 Å². The van der Waals surface area contributed by atoms with Crippen molar-refractivity contribution in [3.8, 4) is 0 Å². The van der Waals surface area contributed by atoms with Gasteiger partial charge < -0.3 is 40.3 Å². The summed E-state index contributed by atoms with van der Waals surface area (Å²) in [6, 6.07) is 9.45. The molecule has 2 aromatic heterocycles. The number of anilines is 4.